The predicted octanol–water partition coefficient (Wildman–Crippen LogP) is 2.68. The van der Waals surface area contributed by atoms with E-state index >= 15 is 0 Å². The second kappa shape index (κ2) is 6.21. The van der Waals surface area contributed by atoms with Gasteiger partial charge in [-0.25, -0.2) is 5.88 Å². The van der Waals surface area contributed by atoms with Gasteiger partial charge in [0.1, 0.15) is 26.2 Å². The number of carboxylic acids is 1. The van der Waals surface area contributed by atoms with E-state index in [1.165, 1.54) is 17.1 Å². The van der Waals surface area contributed by atoms with Gasteiger partial charge in [-0.3, -0.25) is 0 Å². The fourth-order valence-electron chi connectivity index (χ4n) is 5.30. The Kier molecular flexibility index (Phi) is 4.22. The maximum Gasteiger partial charge on any atom is 0.307 e. The van der Waals surface area contributed by atoms with Gasteiger partial charge >= 0.3 is 5.54 Å². The van der Waals surface area contributed by atoms with E-state index in [-0.39, 0.29) is 11.5 Å². The zero-order valence-electron chi connectivity index (χ0n) is 16.7. The standard InChI is InChI=1S/C25H24NO3/c1-23(2,3)26-21(27)20-9-8-18-17-7-6-16-14-15(22(28)29)10-12-24(16,4)19(17)11-13-25(18,20)5/h1-5,7-13H2. The molecule has 4 rings (SSSR count). The summed E-state index contributed by atoms with van der Waals surface area (Å²) in [5, 5.41) is 28.1. The minimum Gasteiger partial charge on any atom is -0.889 e. The second-order valence-corrected chi connectivity index (χ2v) is 8.84. The van der Waals surface area contributed by atoms with Crippen LogP contribution in [0.5, 0.6) is 0 Å². The molecule has 2 unspecified atom stereocenters. The predicted molar refractivity (Wildman–Crippen MR) is 106 cm³/mol. The van der Waals surface area contributed by atoms with Crippen LogP contribution < -0.4 is 10.2 Å². The van der Waals surface area contributed by atoms with Crippen molar-refractivity contribution >= 4 is 5.97 Å². The Morgan fingerprint density at radius 1 is 1.17 bits per heavy atom. The van der Waals surface area contributed by atoms with Gasteiger partial charge in [0, 0.05) is 12.0 Å². The Hall–Kier alpha value is -2.58. The average Bonchev–Trinajstić information content (AvgIpc) is 2.96. The monoisotopic (exact) mass is 386 g/mol. The van der Waals surface area contributed by atoms with Crippen molar-refractivity contribution in [2.75, 3.05) is 0 Å². The number of carbonyl (C=O) groups excluding carboxylic acids is 1. The SMILES string of the molecule is [CH2+]C([CH2+])([CH2+])[N-]C([O-])=C1CCC2=C3C[C-]=C4[C+]=C(C(=O)[O-])CCC4([CH2-])[C]3CCC12[CH2+]. The maximum atomic E-state index is 12.8. The van der Waals surface area contributed by atoms with Crippen molar-refractivity contribution in [3.63, 3.8) is 0 Å². The highest BCUT2D eigenvalue weighted by atomic mass is 16.4. The Bertz CT molecular complexity index is 882. The summed E-state index contributed by atoms with van der Waals surface area (Å²) < 4.78 is 0. The summed E-state index contributed by atoms with van der Waals surface area (Å²) in [7, 11) is 0. The first-order chi connectivity index (χ1) is 13.5. The van der Waals surface area contributed by atoms with Gasteiger partial charge in [0.25, 0.3) is 0 Å². The van der Waals surface area contributed by atoms with Crippen LogP contribution in [0.15, 0.2) is 33.7 Å². The molecule has 1 radical (unpaired) electrons. The zero-order chi connectivity index (χ0) is 21.2. The summed E-state index contributed by atoms with van der Waals surface area (Å²) in [6, 6.07) is 0. The van der Waals surface area contributed by atoms with Gasteiger partial charge < -0.3 is 27.2 Å². The lowest BCUT2D eigenvalue weighted by atomic mass is 9.53. The molecule has 4 nitrogen and oxygen atoms in total. The van der Waals surface area contributed by atoms with E-state index in [2.05, 4.69) is 52.1 Å². The summed E-state index contributed by atoms with van der Waals surface area (Å²) in [6.45, 7) is 20.1. The molecule has 1 fully saturated rings. The Labute approximate surface area is 174 Å². The van der Waals surface area contributed by atoms with Gasteiger partial charge in [0.15, 0.2) is 0 Å². The van der Waals surface area contributed by atoms with Crippen molar-refractivity contribution < 1.29 is 15.0 Å². The van der Waals surface area contributed by atoms with Crippen LogP contribution in [0.2, 0.25) is 0 Å². The molecule has 0 saturated heterocycles. The molecule has 147 valence electrons. The molecule has 0 N–H and O–H groups in total. The van der Waals surface area contributed by atoms with Gasteiger partial charge in [0.2, 0.25) is 0 Å². The Balaban J connectivity index is 1.74. The number of nitrogens with zero attached hydrogens (tertiary/aromatic N) is 1. The average molecular weight is 386 g/mol. The maximum absolute atomic E-state index is 12.8. The van der Waals surface area contributed by atoms with Gasteiger partial charge in [0.05, 0.1) is 12.9 Å². The number of carbonyl (C=O) groups is 1. The van der Waals surface area contributed by atoms with Crippen LogP contribution >= 0.6 is 0 Å². The highest BCUT2D eigenvalue weighted by Gasteiger charge is 2.53. The molecule has 1 saturated carbocycles. The van der Waals surface area contributed by atoms with E-state index in [1.54, 1.807) is 0 Å². The topological polar surface area (TPSA) is 77.3 Å². The summed E-state index contributed by atoms with van der Waals surface area (Å²) in [5.41, 5.74) is 1.74. The molecule has 0 aromatic heterocycles. The lowest BCUT2D eigenvalue weighted by molar-refractivity contribution is -0.301. The summed E-state index contributed by atoms with van der Waals surface area (Å²) in [6.07, 6.45) is 10.7. The molecule has 0 aromatic rings. The van der Waals surface area contributed by atoms with Crippen LogP contribution in [0.4, 0.5) is 0 Å². The van der Waals surface area contributed by atoms with Crippen LogP contribution in [0.1, 0.15) is 44.9 Å². The highest BCUT2D eigenvalue weighted by molar-refractivity contribution is 5.85. The number of allylic oxidation sites excluding steroid dienone is 6. The number of rotatable bonds is 3. The third kappa shape index (κ3) is 2.98. The van der Waals surface area contributed by atoms with Gasteiger partial charge in [-0.2, -0.15) is 0 Å². The van der Waals surface area contributed by atoms with Crippen LogP contribution in [0.3, 0.4) is 0 Å². The first kappa shape index (κ1) is 19.7. The number of aliphatic carboxylic acids is 1. The van der Waals surface area contributed by atoms with Crippen molar-refractivity contribution in [1.82, 2.24) is 0 Å². The molecule has 29 heavy (non-hydrogen) atoms. The van der Waals surface area contributed by atoms with E-state index in [9.17, 15) is 15.0 Å². The number of hydrogen-bond acceptors (Lipinski definition) is 3. The molecule has 0 aliphatic heterocycles. The summed E-state index contributed by atoms with van der Waals surface area (Å²) in [4.78, 5) is 11.3. The first-order valence-corrected chi connectivity index (χ1v) is 9.91. The largest absolute Gasteiger partial charge is 0.889 e. The number of fused-ring (bicyclic) bond motifs is 4. The molecule has 4 aliphatic carbocycles. The van der Waals surface area contributed by atoms with Gasteiger partial charge in [-0.15, -0.1) is 11.5 Å². The number of carboxylic acid groups (broad SMARTS) is 1. The summed E-state index contributed by atoms with van der Waals surface area (Å²) >= 11 is 0. The van der Waals surface area contributed by atoms with E-state index < -0.39 is 22.3 Å². The van der Waals surface area contributed by atoms with Gasteiger partial charge in [-0.1, -0.05) is 12.0 Å². The lowest BCUT2D eigenvalue weighted by Gasteiger charge is -2.53. The smallest absolute Gasteiger partial charge is 0.307 e. The molecule has 0 spiro atoms. The second-order valence-electron chi connectivity index (χ2n) is 8.84. The fraction of sp³-hybridized carbons (Fsp3) is 0.400. The fourth-order valence-corrected chi connectivity index (χ4v) is 5.30. The normalized spacial score (nSPS) is 33.6. The Morgan fingerprint density at radius 2 is 1.90 bits per heavy atom. The van der Waals surface area contributed by atoms with E-state index in [4.69, 9.17) is 0 Å². The Morgan fingerprint density at radius 3 is 2.55 bits per heavy atom. The minimum atomic E-state index is -1.18. The molecule has 0 amide bonds. The molecule has 0 heterocycles. The van der Waals surface area contributed by atoms with E-state index in [0.29, 0.717) is 37.7 Å². The van der Waals surface area contributed by atoms with Gasteiger partial charge in [-0.05, 0) is 60.8 Å². The first-order valence-electron chi connectivity index (χ1n) is 9.91. The molecular weight excluding hydrogens is 362 g/mol. The zero-order valence-corrected chi connectivity index (χ0v) is 16.7. The van der Waals surface area contributed by atoms with Crippen LogP contribution in [-0.4, -0.2) is 11.5 Å². The van der Waals surface area contributed by atoms with E-state index in [0.717, 1.165) is 18.4 Å². The van der Waals surface area contributed by atoms with Crippen LogP contribution in [-0.2, 0) is 4.79 Å². The third-order valence-corrected chi connectivity index (χ3v) is 6.73. The molecular formula is C25H24NO3. The molecule has 4 aliphatic rings. The van der Waals surface area contributed by atoms with Crippen molar-refractivity contribution in [2.45, 2.75) is 50.5 Å². The third-order valence-electron chi connectivity index (χ3n) is 6.73. The van der Waals surface area contributed by atoms with Crippen LogP contribution in [0.25, 0.3) is 5.32 Å². The minimum absolute atomic E-state index is 0.187. The molecule has 4 heteroatoms. The quantitative estimate of drug-likeness (QED) is 0.553. The van der Waals surface area contributed by atoms with Crippen molar-refractivity contribution in [1.29, 1.82) is 0 Å². The molecule has 0 bridgehead atoms. The number of hydrogen-bond donors (Lipinski definition) is 0. The van der Waals surface area contributed by atoms with Crippen LogP contribution in [0, 0.1) is 63.5 Å². The molecule has 0 aromatic carbocycles. The highest BCUT2D eigenvalue weighted by Crippen LogP contribution is 2.63. The van der Waals surface area contributed by atoms with Crippen molar-refractivity contribution in [2.24, 2.45) is 10.8 Å². The lowest BCUT2D eigenvalue weighted by Crippen LogP contribution is -2.40. The summed E-state index contributed by atoms with van der Waals surface area (Å²) in [5.74, 6) is -0.255. The van der Waals surface area contributed by atoms with Crippen molar-refractivity contribution in [3.8, 4) is 0 Å². The van der Waals surface area contributed by atoms with E-state index in [1.807, 2.05) is 0 Å². The van der Waals surface area contributed by atoms with Crippen molar-refractivity contribution in [3.05, 3.63) is 91.8 Å². The molecule has 2 atom stereocenters.